The maximum Gasteiger partial charge on any atom is 0.417 e. The lowest BCUT2D eigenvalue weighted by molar-refractivity contribution is -0.137. The second kappa shape index (κ2) is 6.95. The lowest BCUT2D eigenvalue weighted by Crippen LogP contribution is -2.45. The van der Waals surface area contributed by atoms with E-state index in [1.807, 2.05) is 0 Å². The molecule has 1 aromatic rings. The van der Waals surface area contributed by atoms with Crippen LogP contribution in [0.15, 0.2) is 24.3 Å². The van der Waals surface area contributed by atoms with Crippen LogP contribution in [0.25, 0.3) is 0 Å². The van der Waals surface area contributed by atoms with Crippen molar-refractivity contribution in [1.29, 1.82) is 0 Å². The third-order valence-electron chi connectivity index (χ3n) is 3.11. The Kier molecular flexibility index (Phi) is 5.83. The van der Waals surface area contributed by atoms with Crippen molar-refractivity contribution in [3.63, 3.8) is 0 Å². The molecule has 0 radical (unpaired) electrons. The summed E-state index contributed by atoms with van der Waals surface area (Å²) in [6.45, 7) is 1.48. The number of halogens is 4. The first-order chi connectivity index (χ1) is 8.98. The number of benzene rings is 1. The fourth-order valence-corrected chi connectivity index (χ4v) is 2.17. The molecule has 0 bridgehead atoms. The van der Waals surface area contributed by atoms with Gasteiger partial charge in [0.1, 0.15) is 0 Å². The van der Waals surface area contributed by atoms with E-state index in [-0.39, 0.29) is 24.0 Å². The summed E-state index contributed by atoms with van der Waals surface area (Å²) < 4.78 is 38.4. The Labute approximate surface area is 121 Å². The minimum atomic E-state index is -4.52. The smallest absolute Gasteiger partial charge is 0.348 e. The predicted octanol–water partition coefficient (Wildman–Crippen LogP) is 2.61. The molecule has 1 amide bonds. The van der Waals surface area contributed by atoms with Crippen LogP contribution in [0, 0.1) is 0 Å². The van der Waals surface area contributed by atoms with E-state index in [1.54, 1.807) is 0 Å². The minimum absolute atomic E-state index is 0. The number of rotatable bonds is 2. The largest absolute Gasteiger partial charge is 0.417 e. The van der Waals surface area contributed by atoms with E-state index in [4.69, 9.17) is 0 Å². The highest BCUT2D eigenvalue weighted by molar-refractivity contribution is 5.96. The molecule has 7 heteroatoms. The molecule has 2 N–H and O–H groups in total. The Morgan fingerprint density at radius 1 is 1.30 bits per heavy atom. The molecule has 112 valence electrons. The first kappa shape index (κ1) is 16.8. The van der Waals surface area contributed by atoms with Crippen molar-refractivity contribution in [2.45, 2.75) is 25.1 Å². The summed E-state index contributed by atoms with van der Waals surface area (Å²) in [6, 6.07) is 4.73. The zero-order valence-electron chi connectivity index (χ0n) is 10.7. The van der Waals surface area contributed by atoms with Crippen LogP contribution in [0.2, 0.25) is 0 Å². The first-order valence-electron chi connectivity index (χ1n) is 6.16. The molecule has 1 unspecified atom stereocenters. The van der Waals surface area contributed by atoms with Crippen LogP contribution in [0.3, 0.4) is 0 Å². The topological polar surface area (TPSA) is 41.1 Å². The molecule has 0 aromatic heterocycles. The molecule has 0 aliphatic carbocycles. The molecule has 2 rings (SSSR count). The summed E-state index contributed by atoms with van der Waals surface area (Å²) >= 11 is 0. The third-order valence-corrected chi connectivity index (χ3v) is 3.11. The Morgan fingerprint density at radius 3 is 2.60 bits per heavy atom. The number of amides is 1. The standard InChI is InChI=1S/C13H15F3N2O.ClH/c14-13(15,16)11-6-2-1-5-10(11)12(19)18-9-4-3-7-17-8-9;/h1-2,5-6,9,17H,3-4,7-8H2,(H,18,19);1H. The van der Waals surface area contributed by atoms with Gasteiger partial charge in [-0.3, -0.25) is 4.79 Å². The molecule has 1 aromatic carbocycles. The van der Waals surface area contributed by atoms with Gasteiger partial charge in [-0.2, -0.15) is 13.2 Å². The molecule has 1 saturated heterocycles. The van der Waals surface area contributed by atoms with Gasteiger partial charge >= 0.3 is 6.18 Å². The number of carbonyl (C=O) groups is 1. The normalized spacial score (nSPS) is 19.1. The highest BCUT2D eigenvalue weighted by atomic mass is 35.5. The van der Waals surface area contributed by atoms with Gasteiger partial charge in [0, 0.05) is 12.6 Å². The molecular formula is C13H16ClF3N2O. The van der Waals surface area contributed by atoms with E-state index < -0.39 is 17.6 Å². The molecule has 0 saturated carbocycles. The van der Waals surface area contributed by atoms with E-state index in [2.05, 4.69) is 10.6 Å². The number of piperidine rings is 1. The Bertz CT molecular complexity index is 459. The average Bonchev–Trinajstić information content (AvgIpc) is 2.39. The van der Waals surface area contributed by atoms with Crippen molar-refractivity contribution in [3.05, 3.63) is 35.4 Å². The summed E-state index contributed by atoms with van der Waals surface area (Å²) in [5.74, 6) is -0.665. The second-order valence-corrected chi connectivity index (χ2v) is 4.56. The molecule has 0 spiro atoms. The Balaban J connectivity index is 0.00000200. The molecular weight excluding hydrogens is 293 g/mol. The van der Waals surface area contributed by atoms with Gasteiger partial charge in [0.05, 0.1) is 11.1 Å². The quantitative estimate of drug-likeness (QED) is 0.882. The van der Waals surface area contributed by atoms with Crippen molar-refractivity contribution in [3.8, 4) is 0 Å². The van der Waals surface area contributed by atoms with Gasteiger partial charge in [-0.05, 0) is 31.5 Å². The lowest BCUT2D eigenvalue weighted by atomic mass is 10.0. The van der Waals surface area contributed by atoms with Crippen LogP contribution in [0.5, 0.6) is 0 Å². The zero-order valence-corrected chi connectivity index (χ0v) is 11.5. The molecule has 1 heterocycles. The van der Waals surface area contributed by atoms with Crippen LogP contribution in [-0.2, 0) is 6.18 Å². The number of carbonyl (C=O) groups excluding carboxylic acids is 1. The van der Waals surface area contributed by atoms with Crippen LogP contribution in [-0.4, -0.2) is 25.0 Å². The van der Waals surface area contributed by atoms with Gasteiger partial charge in [-0.1, -0.05) is 12.1 Å². The third kappa shape index (κ3) is 4.11. The molecule has 20 heavy (non-hydrogen) atoms. The molecule has 1 aliphatic rings. The molecule has 3 nitrogen and oxygen atoms in total. The first-order valence-corrected chi connectivity index (χ1v) is 6.16. The van der Waals surface area contributed by atoms with Gasteiger partial charge in [-0.25, -0.2) is 0 Å². The summed E-state index contributed by atoms with van der Waals surface area (Å²) in [7, 11) is 0. The van der Waals surface area contributed by atoms with Gasteiger partial charge in [0.25, 0.3) is 5.91 Å². The lowest BCUT2D eigenvalue weighted by Gasteiger charge is -2.24. The highest BCUT2D eigenvalue weighted by Gasteiger charge is 2.35. The van der Waals surface area contributed by atoms with E-state index in [9.17, 15) is 18.0 Å². The summed E-state index contributed by atoms with van der Waals surface area (Å²) in [4.78, 5) is 11.9. The van der Waals surface area contributed by atoms with Crippen molar-refractivity contribution in [1.82, 2.24) is 10.6 Å². The fraction of sp³-hybridized carbons (Fsp3) is 0.462. The van der Waals surface area contributed by atoms with Crippen molar-refractivity contribution in [2.24, 2.45) is 0 Å². The maximum atomic E-state index is 12.8. The average molecular weight is 309 g/mol. The van der Waals surface area contributed by atoms with Crippen molar-refractivity contribution >= 4 is 18.3 Å². The molecule has 1 fully saturated rings. The van der Waals surface area contributed by atoms with E-state index in [1.165, 1.54) is 18.2 Å². The summed E-state index contributed by atoms with van der Waals surface area (Å²) in [6.07, 6.45) is -2.82. The van der Waals surface area contributed by atoms with Crippen molar-refractivity contribution < 1.29 is 18.0 Å². The summed E-state index contributed by atoms with van der Waals surface area (Å²) in [5, 5.41) is 5.75. The fourth-order valence-electron chi connectivity index (χ4n) is 2.17. The summed E-state index contributed by atoms with van der Waals surface area (Å²) in [5.41, 5.74) is -1.21. The second-order valence-electron chi connectivity index (χ2n) is 4.56. The Morgan fingerprint density at radius 2 is 2.00 bits per heavy atom. The Hall–Kier alpha value is -1.27. The zero-order chi connectivity index (χ0) is 13.9. The highest BCUT2D eigenvalue weighted by Crippen LogP contribution is 2.31. The number of hydrogen-bond donors (Lipinski definition) is 2. The van der Waals surface area contributed by atoms with E-state index in [0.717, 1.165) is 25.5 Å². The monoisotopic (exact) mass is 308 g/mol. The van der Waals surface area contributed by atoms with Gasteiger partial charge in [0.2, 0.25) is 0 Å². The predicted molar refractivity (Wildman–Crippen MR) is 72.0 cm³/mol. The van der Waals surface area contributed by atoms with Crippen LogP contribution >= 0.6 is 12.4 Å². The van der Waals surface area contributed by atoms with Gasteiger partial charge < -0.3 is 10.6 Å². The maximum absolute atomic E-state index is 12.8. The number of nitrogens with one attached hydrogen (secondary N) is 2. The van der Waals surface area contributed by atoms with Crippen LogP contribution < -0.4 is 10.6 Å². The van der Waals surface area contributed by atoms with E-state index in [0.29, 0.717) is 6.54 Å². The number of hydrogen-bond acceptors (Lipinski definition) is 2. The van der Waals surface area contributed by atoms with Crippen LogP contribution in [0.4, 0.5) is 13.2 Å². The number of alkyl halides is 3. The minimum Gasteiger partial charge on any atom is -0.348 e. The molecule has 1 atom stereocenters. The van der Waals surface area contributed by atoms with E-state index >= 15 is 0 Å². The van der Waals surface area contributed by atoms with Gasteiger partial charge in [0.15, 0.2) is 0 Å². The van der Waals surface area contributed by atoms with Crippen molar-refractivity contribution in [2.75, 3.05) is 13.1 Å². The van der Waals surface area contributed by atoms with Gasteiger partial charge in [-0.15, -0.1) is 12.4 Å². The molecule has 1 aliphatic heterocycles. The SMILES string of the molecule is Cl.O=C(NC1CCCNC1)c1ccccc1C(F)(F)F. The van der Waals surface area contributed by atoms with Crippen LogP contribution in [0.1, 0.15) is 28.8 Å².